The summed E-state index contributed by atoms with van der Waals surface area (Å²) < 4.78 is 0. The van der Waals surface area contributed by atoms with Gasteiger partial charge in [-0.05, 0) is 18.9 Å². The molecule has 1 aromatic carbocycles. The number of hydrogen-bond donors (Lipinski definition) is 3. The van der Waals surface area contributed by atoms with Crippen molar-refractivity contribution in [2.24, 2.45) is 5.73 Å². The van der Waals surface area contributed by atoms with Crippen molar-refractivity contribution in [2.45, 2.75) is 38.3 Å². The molecule has 0 saturated carbocycles. The zero-order valence-corrected chi connectivity index (χ0v) is 11.2. The van der Waals surface area contributed by atoms with Gasteiger partial charge >= 0.3 is 5.97 Å². The molecule has 1 aromatic rings. The fourth-order valence-electron chi connectivity index (χ4n) is 1.88. The van der Waals surface area contributed by atoms with Crippen LogP contribution in [-0.4, -0.2) is 22.5 Å². The van der Waals surface area contributed by atoms with Gasteiger partial charge in [0.25, 0.3) is 0 Å². The lowest BCUT2D eigenvalue weighted by Crippen LogP contribution is -2.54. The van der Waals surface area contributed by atoms with Gasteiger partial charge in [0.1, 0.15) is 11.6 Å². The van der Waals surface area contributed by atoms with Crippen LogP contribution in [-0.2, 0) is 9.59 Å². The molecular weight excluding hydrogens is 244 g/mol. The zero-order valence-electron chi connectivity index (χ0n) is 11.2. The highest BCUT2D eigenvalue weighted by atomic mass is 16.4. The van der Waals surface area contributed by atoms with Gasteiger partial charge in [0.15, 0.2) is 0 Å². The van der Waals surface area contributed by atoms with E-state index in [1.807, 2.05) is 13.0 Å². The van der Waals surface area contributed by atoms with Crippen LogP contribution in [0.2, 0.25) is 0 Å². The summed E-state index contributed by atoms with van der Waals surface area (Å²) in [4.78, 5) is 23.3. The summed E-state index contributed by atoms with van der Waals surface area (Å²) in [6, 6.07) is 8.00. The van der Waals surface area contributed by atoms with E-state index in [2.05, 4.69) is 5.32 Å². The Morgan fingerprint density at radius 2 is 1.95 bits per heavy atom. The lowest BCUT2D eigenvalue weighted by atomic mass is 9.95. The molecule has 0 aliphatic carbocycles. The van der Waals surface area contributed by atoms with Crippen LogP contribution in [0.25, 0.3) is 0 Å². The second-order valence-electron chi connectivity index (χ2n) is 4.76. The summed E-state index contributed by atoms with van der Waals surface area (Å²) in [5, 5.41) is 11.7. The standard InChI is InChI=1S/C14H20N2O3/c1-3-9-14(2,13(18)19)16-12(17)11(15)10-7-5-4-6-8-10/h4-8,11H,3,9,15H2,1-2H3,(H,16,17)(H,18,19)/t11-,14?/m0/s1. The largest absolute Gasteiger partial charge is 0.480 e. The van der Waals surface area contributed by atoms with E-state index >= 15 is 0 Å². The Labute approximate surface area is 112 Å². The maximum absolute atomic E-state index is 12.0. The summed E-state index contributed by atoms with van der Waals surface area (Å²) in [6.07, 6.45) is 1.01. The highest BCUT2D eigenvalue weighted by Crippen LogP contribution is 2.16. The smallest absolute Gasteiger partial charge is 0.329 e. The second kappa shape index (κ2) is 6.33. The summed E-state index contributed by atoms with van der Waals surface area (Å²) >= 11 is 0. The minimum absolute atomic E-state index is 0.357. The number of nitrogens with two attached hydrogens (primary N) is 1. The molecule has 104 valence electrons. The normalized spacial score (nSPS) is 15.3. The molecule has 5 nitrogen and oxygen atoms in total. The van der Waals surface area contributed by atoms with E-state index in [4.69, 9.17) is 5.73 Å². The number of hydrogen-bond acceptors (Lipinski definition) is 3. The lowest BCUT2D eigenvalue weighted by molar-refractivity contribution is -0.147. The van der Waals surface area contributed by atoms with E-state index in [9.17, 15) is 14.7 Å². The highest BCUT2D eigenvalue weighted by molar-refractivity contribution is 5.89. The maximum Gasteiger partial charge on any atom is 0.329 e. The Morgan fingerprint density at radius 1 is 1.37 bits per heavy atom. The molecule has 0 spiro atoms. The molecule has 0 bridgehead atoms. The van der Waals surface area contributed by atoms with Crippen LogP contribution in [0.4, 0.5) is 0 Å². The summed E-state index contributed by atoms with van der Waals surface area (Å²) in [5.41, 5.74) is 5.21. The Balaban J connectivity index is 2.81. The molecule has 0 aromatic heterocycles. The third-order valence-electron chi connectivity index (χ3n) is 3.06. The Bertz CT molecular complexity index is 447. The molecule has 0 fully saturated rings. The van der Waals surface area contributed by atoms with Gasteiger partial charge in [0.05, 0.1) is 0 Å². The number of carbonyl (C=O) groups is 2. The van der Waals surface area contributed by atoms with Gasteiger partial charge in [0, 0.05) is 0 Å². The van der Waals surface area contributed by atoms with Gasteiger partial charge in [-0.2, -0.15) is 0 Å². The third kappa shape index (κ3) is 3.79. The molecule has 1 rings (SSSR count). The van der Waals surface area contributed by atoms with Crippen LogP contribution in [0, 0.1) is 0 Å². The van der Waals surface area contributed by atoms with Crippen LogP contribution in [0.5, 0.6) is 0 Å². The quantitative estimate of drug-likeness (QED) is 0.725. The molecule has 1 unspecified atom stereocenters. The minimum atomic E-state index is -1.28. The van der Waals surface area contributed by atoms with Crippen molar-refractivity contribution < 1.29 is 14.7 Å². The van der Waals surface area contributed by atoms with E-state index in [0.717, 1.165) is 0 Å². The van der Waals surface area contributed by atoms with Gasteiger partial charge < -0.3 is 16.2 Å². The highest BCUT2D eigenvalue weighted by Gasteiger charge is 2.35. The van der Waals surface area contributed by atoms with Crippen LogP contribution >= 0.6 is 0 Å². The molecular formula is C14H20N2O3. The molecule has 0 aliphatic rings. The lowest BCUT2D eigenvalue weighted by Gasteiger charge is -2.27. The number of benzene rings is 1. The second-order valence-corrected chi connectivity index (χ2v) is 4.76. The average Bonchev–Trinajstić information content (AvgIpc) is 2.38. The monoisotopic (exact) mass is 264 g/mol. The van der Waals surface area contributed by atoms with Crippen LogP contribution < -0.4 is 11.1 Å². The minimum Gasteiger partial charge on any atom is -0.480 e. The molecule has 4 N–H and O–H groups in total. The van der Waals surface area contributed by atoms with Crippen molar-refractivity contribution in [3.8, 4) is 0 Å². The van der Waals surface area contributed by atoms with Crippen LogP contribution in [0.3, 0.4) is 0 Å². The van der Waals surface area contributed by atoms with E-state index in [1.165, 1.54) is 6.92 Å². The number of amides is 1. The topological polar surface area (TPSA) is 92.4 Å². The van der Waals surface area contributed by atoms with E-state index in [1.54, 1.807) is 24.3 Å². The molecule has 19 heavy (non-hydrogen) atoms. The summed E-state index contributed by atoms with van der Waals surface area (Å²) in [6.45, 7) is 3.36. The Morgan fingerprint density at radius 3 is 2.42 bits per heavy atom. The van der Waals surface area contributed by atoms with Crippen LogP contribution in [0.1, 0.15) is 38.3 Å². The van der Waals surface area contributed by atoms with Gasteiger partial charge in [-0.25, -0.2) is 4.79 Å². The first kappa shape index (κ1) is 15.2. The first-order valence-corrected chi connectivity index (χ1v) is 6.26. The van der Waals surface area contributed by atoms with Crippen molar-refractivity contribution in [1.82, 2.24) is 5.32 Å². The molecule has 0 radical (unpaired) electrons. The van der Waals surface area contributed by atoms with Gasteiger partial charge in [0.2, 0.25) is 5.91 Å². The molecule has 1 amide bonds. The fraction of sp³-hybridized carbons (Fsp3) is 0.429. The van der Waals surface area contributed by atoms with E-state index in [-0.39, 0.29) is 0 Å². The number of carboxylic acids is 1. The third-order valence-corrected chi connectivity index (χ3v) is 3.06. The Hall–Kier alpha value is -1.88. The summed E-state index contributed by atoms with van der Waals surface area (Å²) in [7, 11) is 0. The van der Waals surface area contributed by atoms with E-state index in [0.29, 0.717) is 18.4 Å². The van der Waals surface area contributed by atoms with Crippen molar-refractivity contribution in [2.75, 3.05) is 0 Å². The molecule has 5 heteroatoms. The predicted molar refractivity (Wildman–Crippen MR) is 72.5 cm³/mol. The number of aliphatic carboxylic acids is 1. The molecule has 0 aliphatic heterocycles. The Kier molecular flexibility index (Phi) is 5.06. The van der Waals surface area contributed by atoms with Gasteiger partial charge in [-0.3, -0.25) is 4.79 Å². The number of carboxylic acid groups (broad SMARTS) is 1. The average molecular weight is 264 g/mol. The molecule has 0 saturated heterocycles. The molecule has 0 heterocycles. The molecule has 2 atom stereocenters. The SMILES string of the molecule is CCCC(C)(NC(=O)[C@@H](N)c1ccccc1)C(=O)O. The fourth-order valence-corrected chi connectivity index (χ4v) is 1.88. The first-order valence-electron chi connectivity index (χ1n) is 6.26. The number of carbonyl (C=O) groups excluding carboxylic acids is 1. The number of rotatable bonds is 6. The van der Waals surface area contributed by atoms with Crippen molar-refractivity contribution in [3.05, 3.63) is 35.9 Å². The first-order chi connectivity index (χ1) is 8.90. The van der Waals surface area contributed by atoms with Crippen molar-refractivity contribution in [1.29, 1.82) is 0 Å². The van der Waals surface area contributed by atoms with Crippen molar-refractivity contribution in [3.63, 3.8) is 0 Å². The number of nitrogens with one attached hydrogen (secondary N) is 1. The zero-order chi connectivity index (χ0) is 14.5. The van der Waals surface area contributed by atoms with Gasteiger partial charge in [-0.15, -0.1) is 0 Å². The van der Waals surface area contributed by atoms with Gasteiger partial charge in [-0.1, -0.05) is 43.7 Å². The predicted octanol–water partition coefficient (Wildman–Crippen LogP) is 1.45. The summed E-state index contributed by atoms with van der Waals surface area (Å²) in [5.74, 6) is -1.53. The van der Waals surface area contributed by atoms with Crippen LogP contribution in [0.15, 0.2) is 30.3 Å². The van der Waals surface area contributed by atoms with Crippen molar-refractivity contribution >= 4 is 11.9 Å². The van der Waals surface area contributed by atoms with E-state index < -0.39 is 23.5 Å². The maximum atomic E-state index is 12.0.